The largest absolute Gasteiger partial charge is 0.459 e. The smallest absolute Gasteiger partial charge is 0.339 e. The fourth-order valence-electron chi connectivity index (χ4n) is 2.77. The van der Waals surface area contributed by atoms with Crippen LogP contribution in [0.15, 0.2) is 58.8 Å². The Bertz CT molecular complexity index is 1130. The third-order valence-corrected chi connectivity index (χ3v) is 6.16. The molecule has 7 nitrogen and oxygen atoms in total. The van der Waals surface area contributed by atoms with Crippen LogP contribution >= 0.6 is 23.1 Å². The second-order valence-electron chi connectivity index (χ2n) is 7.30. The summed E-state index contributed by atoms with van der Waals surface area (Å²) in [5.74, 6) is -0.854. The molecule has 3 aromatic rings. The Morgan fingerprint density at radius 2 is 1.79 bits per heavy atom. The number of benzene rings is 2. The molecular formula is C24H24N2O5S2. The molecule has 1 aromatic heterocycles. The topological polar surface area (TPSA) is 94.6 Å². The van der Waals surface area contributed by atoms with Crippen LogP contribution in [0.4, 0.5) is 5.69 Å². The fourth-order valence-corrected chi connectivity index (χ4v) is 4.42. The van der Waals surface area contributed by atoms with E-state index in [-0.39, 0.29) is 6.10 Å². The normalized spacial score (nSPS) is 10.7. The number of hydrogen-bond donors (Lipinski definition) is 1. The van der Waals surface area contributed by atoms with Crippen LogP contribution in [0.5, 0.6) is 0 Å². The van der Waals surface area contributed by atoms with Gasteiger partial charge in [-0.2, -0.15) is 0 Å². The van der Waals surface area contributed by atoms with Crippen molar-refractivity contribution in [2.75, 3.05) is 11.9 Å². The molecule has 0 aliphatic heterocycles. The zero-order valence-electron chi connectivity index (χ0n) is 18.5. The molecule has 0 aliphatic rings. The quantitative estimate of drug-likeness (QED) is 0.333. The van der Waals surface area contributed by atoms with E-state index in [1.54, 1.807) is 61.6 Å². The number of amides is 1. The number of aromatic nitrogens is 1. The van der Waals surface area contributed by atoms with Gasteiger partial charge in [0.1, 0.15) is 0 Å². The van der Waals surface area contributed by atoms with Crippen LogP contribution in [0, 0.1) is 6.92 Å². The molecule has 0 spiro atoms. The minimum absolute atomic E-state index is 0.216. The second kappa shape index (κ2) is 11.6. The number of carbonyl (C=O) groups excluding carboxylic acids is 3. The third kappa shape index (κ3) is 7.44. The van der Waals surface area contributed by atoms with Gasteiger partial charge in [0.15, 0.2) is 6.61 Å². The average molecular weight is 485 g/mol. The van der Waals surface area contributed by atoms with Crippen LogP contribution in [-0.4, -0.2) is 35.5 Å². The monoisotopic (exact) mass is 484 g/mol. The first-order valence-corrected chi connectivity index (χ1v) is 12.1. The van der Waals surface area contributed by atoms with E-state index in [0.717, 1.165) is 15.6 Å². The summed E-state index contributed by atoms with van der Waals surface area (Å²) in [6.07, 6.45) is -0.216. The van der Waals surface area contributed by atoms with Crippen molar-refractivity contribution in [1.82, 2.24) is 4.98 Å². The highest BCUT2D eigenvalue weighted by atomic mass is 32.2. The number of rotatable bonds is 9. The summed E-state index contributed by atoms with van der Waals surface area (Å²) in [7, 11) is 0. The lowest BCUT2D eigenvalue weighted by molar-refractivity contribution is -0.119. The van der Waals surface area contributed by atoms with E-state index in [1.807, 2.05) is 24.4 Å². The van der Waals surface area contributed by atoms with Gasteiger partial charge in [-0.1, -0.05) is 12.1 Å². The molecule has 1 N–H and O–H groups in total. The fraction of sp³-hybridized carbons (Fsp3) is 0.250. The molecule has 0 aliphatic carbocycles. The molecule has 2 aromatic carbocycles. The van der Waals surface area contributed by atoms with Gasteiger partial charge in [0, 0.05) is 21.7 Å². The maximum Gasteiger partial charge on any atom is 0.339 e. The lowest BCUT2D eigenvalue weighted by Crippen LogP contribution is -2.21. The Labute approximate surface area is 200 Å². The molecule has 0 saturated carbocycles. The second-order valence-corrected chi connectivity index (χ2v) is 9.38. The van der Waals surface area contributed by atoms with Gasteiger partial charge in [0.2, 0.25) is 0 Å². The molecule has 0 radical (unpaired) electrons. The van der Waals surface area contributed by atoms with E-state index in [4.69, 9.17) is 9.47 Å². The van der Waals surface area contributed by atoms with Crippen molar-refractivity contribution in [1.29, 1.82) is 0 Å². The van der Waals surface area contributed by atoms with Crippen LogP contribution in [0.25, 0.3) is 0 Å². The molecular weight excluding hydrogens is 460 g/mol. The highest BCUT2D eigenvalue weighted by Crippen LogP contribution is 2.27. The Morgan fingerprint density at radius 3 is 2.45 bits per heavy atom. The number of aryl methyl sites for hydroxylation is 1. The van der Waals surface area contributed by atoms with Gasteiger partial charge in [0.25, 0.3) is 5.91 Å². The Hall–Kier alpha value is -3.17. The van der Waals surface area contributed by atoms with Crippen LogP contribution in [0.3, 0.4) is 0 Å². The van der Waals surface area contributed by atoms with Gasteiger partial charge in [-0.05, 0) is 57.2 Å². The average Bonchev–Trinajstić information content (AvgIpc) is 3.21. The SMILES string of the molecule is Cc1nc(CSc2ccccc2C(=O)OCC(=O)Nc2ccc(C(=O)OC(C)C)cc2)cs1. The summed E-state index contributed by atoms with van der Waals surface area (Å²) in [5.41, 5.74) is 2.21. The number of esters is 2. The van der Waals surface area contributed by atoms with Crippen LogP contribution in [0.1, 0.15) is 45.3 Å². The molecule has 9 heteroatoms. The highest BCUT2D eigenvalue weighted by Gasteiger charge is 2.16. The van der Waals surface area contributed by atoms with Gasteiger partial charge in [-0.25, -0.2) is 14.6 Å². The predicted octanol–water partition coefficient (Wildman–Crippen LogP) is 5.10. The maximum atomic E-state index is 12.6. The van der Waals surface area contributed by atoms with Crippen LogP contribution < -0.4 is 5.32 Å². The van der Waals surface area contributed by atoms with E-state index in [9.17, 15) is 14.4 Å². The summed E-state index contributed by atoms with van der Waals surface area (Å²) in [5, 5.41) is 5.63. The number of hydrogen-bond acceptors (Lipinski definition) is 8. The molecule has 3 rings (SSSR count). The number of carbonyl (C=O) groups is 3. The van der Waals surface area contributed by atoms with E-state index >= 15 is 0 Å². The minimum Gasteiger partial charge on any atom is -0.459 e. The number of anilines is 1. The van der Waals surface area contributed by atoms with E-state index < -0.39 is 24.5 Å². The number of ether oxygens (including phenoxy) is 2. The zero-order chi connectivity index (χ0) is 23.8. The minimum atomic E-state index is -0.575. The molecule has 172 valence electrons. The van der Waals surface area contributed by atoms with E-state index in [2.05, 4.69) is 10.3 Å². The van der Waals surface area contributed by atoms with E-state index in [1.165, 1.54) is 11.8 Å². The lowest BCUT2D eigenvalue weighted by Gasteiger charge is -2.10. The van der Waals surface area contributed by atoms with Crippen LogP contribution in [-0.2, 0) is 20.0 Å². The van der Waals surface area contributed by atoms with Crippen molar-refractivity contribution in [2.24, 2.45) is 0 Å². The van der Waals surface area contributed by atoms with Crippen molar-refractivity contribution in [3.8, 4) is 0 Å². The Morgan fingerprint density at radius 1 is 1.06 bits per heavy atom. The molecule has 0 unspecified atom stereocenters. The first-order valence-electron chi connectivity index (χ1n) is 10.2. The van der Waals surface area contributed by atoms with Gasteiger partial charge >= 0.3 is 11.9 Å². The standard InChI is InChI=1S/C24H24N2O5S2/c1-15(2)31-23(28)17-8-10-18(11-9-17)26-22(27)12-30-24(29)20-6-4-5-7-21(20)33-14-19-13-32-16(3)25-19/h4-11,13,15H,12,14H2,1-3H3,(H,26,27). The molecule has 1 heterocycles. The molecule has 0 bridgehead atoms. The summed E-state index contributed by atoms with van der Waals surface area (Å²) in [4.78, 5) is 41.9. The van der Waals surface area contributed by atoms with Gasteiger partial charge in [-0.15, -0.1) is 23.1 Å². The maximum absolute atomic E-state index is 12.6. The zero-order valence-corrected chi connectivity index (χ0v) is 20.1. The van der Waals surface area contributed by atoms with Gasteiger partial charge < -0.3 is 14.8 Å². The number of thiazole rings is 1. The first kappa shape index (κ1) is 24.5. The van der Waals surface area contributed by atoms with Crippen molar-refractivity contribution >= 4 is 46.6 Å². The summed E-state index contributed by atoms with van der Waals surface area (Å²) < 4.78 is 10.3. The van der Waals surface area contributed by atoms with E-state index in [0.29, 0.717) is 22.6 Å². The van der Waals surface area contributed by atoms with Crippen molar-refractivity contribution in [2.45, 2.75) is 37.5 Å². The van der Waals surface area contributed by atoms with Crippen molar-refractivity contribution < 1.29 is 23.9 Å². The first-order chi connectivity index (χ1) is 15.8. The third-order valence-electron chi connectivity index (χ3n) is 4.23. The summed E-state index contributed by atoms with van der Waals surface area (Å²) in [6, 6.07) is 13.4. The van der Waals surface area contributed by atoms with Gasteiger partial charge in [0.05, 0.1) is 27.9 Å². The molecule has 1 amide bonds. The molecule has 0 atom stereocenters. The molecule has 0 fully saturated rings. The van der Waals surface area contributed by atoms with Crippen molar-refractivity contribution in [3.63, 3.8) is 0 Å². The number of thioether (sulfide) groups is 1. The molecule has 0 saturated heterocycles. The number of nitrogens with zero attached hydrogens (tertiary/aromatic N) is 1. The summed E-state index contributed by atoms with van der Waals surface area (Å²) >= 11 is 3.07. The lowest BCUT2D eigenvalue weighted by atomic mass is 10.2. The Balaban J connectivity index is 1.52. The van der Waals surface area contributed by atoms with Crippen LogP contribution in [0.2, 0.25) is 0 Å². The Kier molecular flexibility index (Phi) is 8.62. The highest BCUT2D eigenvalue weighted by molar-refractivity contribution is 7.98. The predicted molar refractivity (Wildman–Crippen MR) is 129 cm³/mol. The molecule has 33 heavy (non-hydrogen) atoms. The van der Waals surface area contributed by atoms with Gasteiger partial charge in [-0.3, -0.25) is 4.79 Å². The summed E-state index contributed by atoms with van der Waals surface area (Å²) in [6.45, 7) is 5.06. The number of nitrogens with one attached hydrogen (secondary N) is 1. The van der Waals surface area contributed by atoms with Crippen molar-refractivity contribution in [3.05, 3.63) is 75.7 Å².